The maximum Gasteiger partial charge on any atom is 0.261 e. The van der Waals surface area contributed by atoms with Gasteiger partial charge in [-0.3, -0.25) is 4.98 Å². The molecule has 3 aromatic heterocycles. The standard InChI is InChI=1S/C11H12N6O/c12-3-1-2-10-15-11(18-16-10)8-6-14-17-5-4-13-7-9(8)17/h4-7H,1-3,12H2. The second-order valence-corrected chi connectivity index (χ2v) is 3.87. The van der Waals surface area contributed by atoms with E-state index < -0.39 is 0 Å². The van der Waals surface area contributed by atoms with Gasteiger partial charge in [0.25, 0.3) is 5.89 Å². The van der Waals surface area contributed by atoms with E-state index in [9.17, 15) is 0 Å². The van der Waals surface area contributed by atoms with E-state index >= 15 is 0 Å². The molecule has 3 heterocycles. The molecule has 0 aliphatic heterocycles. The molecule has 2 N–H and O–H groups in total. The summed E-state index contributed by atoms with van der Waals surface area (Å²) < 4.78 is 6.95. The third kappa shape index (κ3) is 1.84. The van der Waals surface area contributed by atoms with E-state index in [-0.39, 0.29) is 0 Å². The molecule has 0 amide bonds. The maximum absolute atomic E-state index is 5.44. The summed E-state index contributed by atoms with van der Waals surface area (Å²) in [6.07, 6.45) is 8.41. The van der Waals surface area contributed by atoms with Crippen LogP contribution in [0.1, 0.15) is 12.2 Å². The molecule has 7 nitrogen and oxygen atoms in total. The summed E-state index contributed by atoms with van der Waals surface area (Å²) in [5.41, 5.74) is 7.07. The van der Waals surface area contributed by atoms with Gasteiger partial charge in [0.1, 0.15) is 0 Å². The molecule has 0 unspecified atom stereocenters. The molecule has 7 heteroatoms. The van der Waals surface area contributed by atoms with E-state index in [1.165, 1.54) is 0 Å². The zero-order valence-corrected chi connectivity index (χ0v) is 9.65. The molecule has 92 valence electrons. The molecule has 3 rings (SSSR count). The highest BCUT2D eigenvalue weighted by molar-refractivity contribution is 5.73. The van der Waals surface area contributed by atoms with E-state index in [1.807, 2.05) is 0 Å². The van der Waals surface area contributed by atoms with Gasteiger partial charge in [0, 0.05) is 18.8 Å². The summed E-state index contributed by atoms with van der Waals surface area (Å²) in [6.45, 7) is 0.616. The van der Waals surface area contributed by atoms with Crippen LogP contribution in [0, 0.1) is 0 Å². The van der Waals surface area contributed by atoms with Crippen molar-refractivity contribution in [3.05, 3.63) is 30.6 Å². The molecule has 0 fully saturated rings. The third-order valence-electron chi connectivity index (χ3n) is 2.63. The van der Waals surface area contributed by atoms with Crippen molar-refractivity contribution in [2.24, 2.45) is 5.73 Å². The van der Waals surface area contributed by atoms with Crippen molar-refractivity contribution < 1.29 is 4.52 Å². The first-order chi connectivity index (χ1) is 8.88. The van der Waals surface area contributed by atoms with Crippen LogP contribution in [0.2, 0.25) is 0 Å². The lowest BCUT2D eigenvalue weighted by Crippen LogP contribution is -2.01. The molecule has 18 heavy (non-hydrogen) atoms. The zero-order valence-electron chi connectivity index (χ0n) is 9.65. The predicted octanol–water partition coefficient (Wildman–Crippen LogP) is 0.671. The molecule has 0 aliphatic carbocycles. The third-order valence-corrected chi connectivity index (χ3v) is 2.63. The van der Waals surface area contributed by atoms with E-state index in [1.54, 1.807) is 29.3 Å². The van der Waals surface area contributed by atoms with Gasteiger partial charge in [0.2, 0.25) is 0 Å². The summed E-state index contributed by atoms with van der Waals surface area (Å²) >= 11 is 0. The van der Waals surface area contributed by atoms with E-state index in [0.717, 1.165) is 23.9 Å². The van der Waals surface area contributed by atoms with Gasteiger partial charge in [-0.1, -0.05) is 5.16 Å². The van der Waals surface area contributed by atoms with Crippen molar-refractivity contribution in [1.29, 1.82) is 0 Å². The lowest BCUT2D eigenvalue weighted by molar-refractivity contribution is 0.422. The summed E-state index contributed by atoms with van der Waals surface area (Å²) in [4.78, 5) is 8.39. The Balaban J connectivity index is 1.96. The Hall–Kier alpha value is -2.28. The monoisotopic (exact) mass is 244 g/mol. The van der Waals surface area contributed by atoms with E-state index in [0.29, 0.717) is 18.3 Å². The number of hydrogen-bond donors (Lipinski definition) is 1. The second kappa shape index (κ2) is 4.53. The molecular weight excluding hydrogens is 232 g/mol. The van der Waals surface area contributed by atoms with Crippen molar-refractivity contribution in [1.82, 2.24) is 24.7 Å². The van der Waals surface area contributed by atoms with Crippen LogP contribution >= 0.6 is 0 Å². The average molecular weight is 244 g/mol. The summed E-state index contributed by atoms with van der Waals surface area (Å²) in [5, 5.41) is 8.11. The quantitative estimate of drug-likeness (QED) is 0.724. The van der Waals surface area contributed by atoms with Crippen LogP contribution in [-0.4, -0.2) is 31.3 Å². The Kier molecular flexibility index (Phi) is 2.73. The average Bonchev–Trinajstić information content (AvgIpc) is 3.02. The number of nitrogens with two attached hydrogens (primary N) is 1. The summed E-state index contributed by atoms with van der Waals surface area (Å²) in [6, 6.07) is 0. The Morgan fingerprint density at radius 1 is 1.33 bits per heavy atom. The van der Waals surface area contributed by atoms with Crippen LogP contribution < -0.4 is 5.73 Å². The number of aryl methyl sites for hydroxylation is 1. The fourth-order valence-electron chi connectivity index (χ4n) is 1.72. The van der Waals surface area contributed by atoms with Crippen molar-refractivity contribution >= 4 is 5.52 Å². The topological polar surface area (TPSA) is 95.1 Å². The fraction of sp³-hybridized carbons (Fsp3) is 0.273. The Morgan fingerprint density at radius 2 is 2.28 bits per heavy atom. The van der Waals surface area contributed by atoms with Gasteiger partial charge < -0.3 is 10.3 Å². The van der Waals surface area contributed by atoms with Crippen LogP contribution in [0.5, 0.6) is 0 Å². The van der Waals surface area contributed by atoms with Crippen molar-refractivity contribution in [3.8, 4) is 11.5 Å². The van der Waals surface area contributed by atoms with Gasteiger partial charge in [0.05, 0.1) is 23.5 Å². The van der Waals surface area contributed by atoms with Crippen molar-refractivity contribution in [2.45, 2.75) is 12.8 Å². The Labute approximate surface area is 103 Å². The van der Waals surface area contributed by atoms with Crippen molar-refractivity contribution in [3.63, 3.8) is 0 Å². The van der Waals surface area contributed by atoms with Gasteiger partial charge in [0.15, 0.2) is 5.82 Å². The fourth-order valence-corrected chi connectivity index (χ4v) is 1.72. The Bertz CT molecular complexity index is 658. The van der Waals surface area contributed by atoms with Crippen LogP contribution in [0.15, 0.2) is 29.3 Å². The molecule has 3 aromatic rings. The predicted molar refractivity (Wildman–Crippen MR) is 63.7 cm³/mol. The van der Waals surface area contributed by atoms with Crippen LogP contribution in [-0.2, 0) is 6.42 Å². The highest BCUT2D eigenvalue weighted by atomic mass is 16.5. The molecule has 0 aliphatic rings. The lowest BCUT2D eigenvalue weighted by Gasteiger charge is -1.91. The normalized spacial score (nSPS) is 11.2. The molecule has 0 spiro atoms. The van der Waals surface area contributed by atoms with E-state index in [4.69, 9.17) is 10.3 Å². The van der Waals surface area contributed by atoms with Gasteiger partial charge in [-0.15, -0.1) is 0 Å². The number of nitrogens with zero attached hydrogens (tertiary/aromatic N) is 5. The van der Waals surface area contributed by atoms with Gasteiger partial charge >= 0.3 is 0 Å². The number of aromatic nitrogens is 5. The molecular formula is C11H12N6O. The Morgan fingerprint density at radius 3 is 3.17 bits per heavy atom. The summed E-state index contributed by atoms with van der Waals surface area (Å²) in [5.74, 6) is 1.13. The first-order valence-electron chi connectivity index (χ1n) is 5.69. The van der Waals surface area contributed by atoms with Crippen LogP contribution in [0.25, 0.3) is 17.0 Å². The van der Waals surface area contributed by atoms with Crippen LogP contribution in [0.3, 0.4) is 0 Å². The molecule has 0 saturated heterocycles. The lowest BCUT2D eigenvalue weighted by atomic mass is 10.3. The number of rotatable bonds is 4. The van der Waals surface area contributed by atoms with Gasteiger partial charge in [-0.25, -0.2) is 4.52 Å². The largest absolute Gasteiger partial charge is 0.334 e. The summed E-state index contributed by atoms with van der Waals surface area (Å²) in [7, 11) is 0. The maximum atomic E-state index is 5.44. The van der Waals surface area contributed by atoms with E-state index in [2.05, 4.69) is 20.2 Å². The minimum Gasteiger partial charge on any atom is -0.334 e. The van der Waals surface area contributed by atoms with Crippen LogP contribution in [0.4, 0.5) is 0 Å². The SMILES string of the molecule is NCCCc1noc(-c2cnn3ccncc23)n1. The van der Waals surface area contributed by atoms with Gasteiger partial charge in [-0.2, -0.15) is 10.1 Å². The molecule has 0 saturated carbocycles. The van der Waals surface area contributed by atoms with Crippen molar-refractivity contribution in [2.75, 3.05) is 6.54 Å². The first kappa shape index (κ1) is 10.8. The molecule has 0 aromatic carbocycles. The zero-order chi connectivity index (χ0) is 12.4. The second-order valence-electron chi connectivity index (χ2n) is 3.87. The first-order valence-corrected chi connectivity index (χ1v) is 5.69. The van der Waals surface area contributed by atoms with Gasteiger partial charge in [-0.05, 0) is 13.0 Å². The smallest absolute Gasteiger partial charge is 0.261 e. The number of hydrogen-bond acceptors (Lipinski definition) is 6. The minimum absolute atomic E-state index is 0.463. The molecule has 0 atom stereocenters. The molecule has 0 bridgehead atoms. The minimum atomic E-state index is 0.463. The highest BCUT2D eigenvalue weighted by Gasteiger charge is 2.13. The molecule has 0 radical (unpaired) electrons. The number of fused-ring (bicyclic) bond motifs is 1. The highest BCUT2D eigenvalue weighted by Crippen LogP contribution is 2.21.